The van der Waals surface area contributed by atoms with E-state index in [1.165, 1.54) is 0 Å². The monoisotopic (exact) mass is 464 g/mol. The number of pyridine rings is 1. The number of likely N-dealkylation sites (tertiary alicyclic amines) is 1. The Labute approximate surface area is 193 Å². The van der Waals surface area contributed by atoms with E-state index >= 15 is 0 Å². The van der Waals surface area contributed by atoms with Crippen LogP contribution in [0.25, 0.3) is 0 Å². The molecule has 7 nitrogen and oxygen atoms in total. The van der Waals surface area contributed by atoms with Gasteiger partial charge in [0.25, 0.3) is 5.91 Å². The smallest absolute Gasteiger partial charge is 0.256 e. The molecular formula is C22H32N4O3S2. The second-order valence-corrected chi connectivity index (χ2v) is 10.9. The molecule has 0 spiro atoms. The molecular weight excluding hydrogens is 432 g/mol. The standard InChI is InChI=1S/C22H32N4O3S2/c1-15(2)31-13-19(27)23-12-20(28)25-8-6-17(7-9-25)21-18(5-4-16(3)24-21)22(29)26-10-11-30-14-26/h4-5,15,17H,6-14H2,1-3H3,(H,23,27). The van der Waals surface area contributed by atoms with Crippen LogP contribution < -0.4 is 5.32 Å². The van der Waals surface area contributed by atoms with Crippen LogP contribution in [0.5, 0.6) is 0 Å². The van der Waals surface area contributed by atoms with Crippen LogP contribution in [0.1, 0.15) is 54.4 Å². The zero-order chi connectivity index (χ0) is 22.4. The molecule has 0 unspecified atom stereocenters. The molecule has 2 fully saturated rings. The number of thioether (sulfide) groups is 2. The number of piperidine rings is 1. The Morgan fingerprint density at radius 2 is 1.94 bits per heavy atom. The summed E-state index contributed by atoms with van der Waals surface area (Å²) >= 11 is 3.34. The Morgan fingerprint density at radius 3 is 2.58 bits per heavy atom. The lowest BCUT2D eigenvalue weighted by molar-refractivity contribution is -0.133. The Bertz CT molecular complexity index is 804. The van der Waals surface area contributed by atoms with Crippen molar-refractivity contribution >= 4 is 41.2 Å². The summed E-state index contributed by atoms with van der Waals surface area (Å²) in [6, 6.07) is 3.81. The lowest BCUT2D eigenvalue weighted by Crippen LogP contribution is -2.44. The summed E-state index contributed by atoms with van der Waals surface area (Å²) in [5.74, 6) is 2.16. The van der Waals surface area contributed by atoms with Gasteiger partial charge in [0, 0.05) is 37.0 Å². The van der Waals surface area contributed by atoms with Gasteiger partial charge in [-0.25, -0.2) is 0 Å². The number of hydrogen-bond donors (Lipinski definition) is 1. The molecule has 1 aromatic rings. The van der Waals surface area contributed by atoms with Gasteiger partial charge in [-0.2, -0.15) is 0 Å². The van der Waals surface area contributed by atoms with Gasteiger partial charge in [-0.1, -0.05) is 13.8 Å². The van der Waals surface area contributed by atoms with Crippen molar-refractivity contribution in [3.63, 3.8) is 0 Å². The summed E-state index contributed by atoms with van der Waals surface area (Å²) in [6.07, 6.45) is 1.54. The fraction of sp³-hybridized carbons (Fsp3) is 0.636. The van der Waals surface area contributed by atoms with Gasteiger partial charge < -0.3 is 15.1 Å². The Hall–Kier alpha value is -1.74. The van der Waals surface area contributed by atoms with Crippen molar-refractivity contribution in [3.8, 4) is 0 Å². The fourth-order valence-electron chi connectivity index (χ4n) is 3.80. The van der Waals surface area contributed by atoms with Crippen LogP contribution in [-0.2, 0) is 9.59 Å². The zero-order valence-corrected chi connectivity index (χ0v) is 20.2. The molecule has 0 aromatic carbocycles. The van der Waals surface area contributed by atoms with Crippen molar-refractivity contribution < 1.29 is 14.4 Å². The predicted octanol–water partition coefficient (Wildman–Crippen LogP) is 2.50. The Kier molecular flexibility index (Phi) is 8.66. The van der Waals surface area contributed by atoms with Crippen molar-refractivity contribution in [2.45, 2.75) is 44.8 Å². The number of carbonyl (C=O) groups excluding carboxylic acids is 3. The number of rotatable bonds is 7. The topological polar surface area (TPSA) is 82.6 Å². The van der Waals surface area contributed by atoms with Crippen LogP contribution in [0, 0.1) is 6.92 Å². The van der Waals surface area contributed by atoms with Gasteiger partial charge in [0.1, 0.15) is 0 Å². The quantitative estimate of drug-likeness (QED) is 0.668. The highest BCUT2D eigenvalue weighted by molar-refractivity contribution is 8.00. The minimum atomic E-state index is -0.103. The second kappa shape index (κ2) is 11.2. The molecule has 0 bridgehead atoms. The van der Waals surface area contributed by atoms with E-state index in [-0.39, 0.29) is 30.2 Å². The minimum absolute atomic E-state index is 0.0429. The molecule has 3 amide bonds. The van der Waals surface area contributed by atoms with E-state index in [0.717, 1.165) is 42.4 Å². The highest BCUT2D eigenvalue weighted by atomic mass is 32.2. The molecule has 0 atom stereocenters. The molecule has 0 radical (unpaired) electrons. The molecule has 1 N–H and O–H groups in total. The molecule has 0 aliphatic carbocycles. The molecule has 3 rings (SSSR count). The molecule has 2 aliphatic heterocycles. The number of carbonyl (C=O) groups is 3. The van der Waals surface area contributed by atoms with Crippen LogP contribution in [0.4, 0.5) is 0 Å². The highest BCUT2D eigenvalue weighted by Crippen LogP contribution is 2.31. The molecule has 3 heterocycles. The summed E-state index contributed by atoms with van der Waals surface area (Å²) in [6.45, 7) is 8.08. The largest absolute Gasteiger partial charge is 0.346 e. The molecule has 31 heavy (non-hydrogen) atoms. The maximum atomic E-state index is 13.0. The first kappa shape index (κ1) is 23.9. The van der Waals surface area contributed by atoms with E-state index in [0.29, 0.717) is 29.7 Å². The molecule has 170 valence electrons. The van der Waals surface area contributed by atoms with E-state index in [4.69, 9.17) is 4.98 Å². The van der Waals surface area contributed by atoms with E-state index in [9.17, 15) is 14.4 Å². The average Bonchev–Trinajstić information content (AvgIpc) is 3.30. The maximum Gasteiger partial charge on any atom is 0.256 e. The van der Waals surface area contributed by atoms with Crippen molar-refractivity contribution in [1.29, 1.82) is 0 Å². The van der Waals surface area contributed by atoms with Crippen LogP contribution in [-0.4, -0.2) is 81.3 Å². The van der Waals surface area contributed by atoms with Gasteiger partial charge >= 0.3 is 0 Å². The third-order valence-corrected chi connectivity index (χ3v) is 7.61. The van der Waals surface area contributed by atoms with Crippen LogP contribution in [0.15, 0.2) is 12.1 Å². The Balaban J connectivity index is 1.56. The van der Waals surface area contributed by atoms with Crippen molar-refractivity contribution in [2.75, 3.05) is 43.6 Å². The average molecular weight is 465 g/mol. The highest BCUT2D eigenvalue weighted by Gasteiger charge is 2.30. The van der Waals surface area contributed by atoms with E-state index in [1.54, 1.807) is 28.4 Å². The SMILES string of the molecule is Cc1ccc(C(=O)N2CCSC2)c(C2CCN(C(=O)CNC(=O)CSC(C)C)CC2)n1. The van der Waals surface area contributed by atoms with Crippen molar-refractivity contribution in [3.05, 3.63) is 29.1 Å². The van der Waals surface area contributed by atoms with Gasteiger partial charge in [-0.3, -0.25) is 19.4 Å². The third-order valence-electron chi connectivity index (χ3n) is 5.55. The normalized spacial score (nSPS) is 17.3. The summed E-state index contributed by atoms with van der Waals surface area (Å²) in [5.41, 5.74) is 2.48. The summed E-state index contributed by atoms with van der Waals surface area (Å²) in [7, 11) is 0. The van der Waals surface area contributed by atoms with Crippen LogP contribution in [0.2, 0.25) is 0 Å². The molecule has 9 heteroatoms. The predicted molar refractivity (Wildman–Crippen MR) is 126 cm³/mol. The molecule has 0 saturated carbocycles. The summed E-state index contributed by atoms with van der Waals surface area (Å²) < 4.78 is 0. The van der Waals surface area contributed by atoms with Gasteiger partial charge in [-0.05, 0) is 37.1 Å². The number of aryl methyl sites for hydroxylation is 1. The van der Waals surface area contributed by atoms with Gasteiger partial charge in [-0.15, -0.1) is 23.5 Å². The van der Waals surface area contributed by atoms with Gasteiger partial charge in [0.15, 0.2) is 0 Å². The van der Waals surface area contributed by atoms with E-state index in [1.807, 2.05) is 37.8 Å². The van der Waals surface area contributed by atoms with E-state index in [2.05, 4.69) is 5.32 Å². The number of amides is 3. The fourth-order valence-corrected chi connectivity index (χ4v) is 5.33. The second-order valence-electron chi connectivity index (χ2n) is 8.28. The number of aromatic nitrogens is 1. The lowest BCUT2D eigenvalue weighted by Gasteiger charge is -2.33. The number of nitrogens with zero attached hydrogens (tertiary/aromatic N) is 3. The molecule has 2 saturated heterocycles. The first-order valence-corrected chi connectivity index (χ1v) is 13.1. The van der Waals surface area contributed by atoms with Gasteiger partial charge in [0.2, 0.25) is 11.8 Å². The van der Waals surface area contributed by atoms with E-state index < -0.39 is 0 Å². The van der Waals surface area contributed by atoms with Crippen molar-refractivity contribution in [1.82, 2.24) is 20.1 Å². The first-order chi connectivity index (χ1) is 14.8. The summed E-state index contributed by atoms with van der Waals surface area (Å²) in [5, 5.41) is 3.11. The van der Waals surface area contributed by atoms with Crippen LogP contribution >= 0.6 is 23.5 Å². The molecule has 2 aliphatic rings. The van der Waals surface area contributed by atoms with Crippen molar-refractivity contribution in [2.24, 2.45) is 0 Å². The number of nitrogens with one attached hydrogen (secondary N) is 1. The Morgan fingerprint density at radius 1 is 1.19 bits per heavy atom. The minimum Gasteiger partial charge on any atom is -0.346 e. The van der Waals surface area contributed by atoms with Crippen LogP contribution in [0.3, 0.4) is 0 Å². The molecule has 1 aromatic heterocycles. The third kappa shape index (κ3) is 6.62. The van der Waals surface area contributed by atoms with Gasteiger partial charge in [0.05, 0.1) is 29.4 Å². The zero-order valence-electron chi connectivity index (χ0n) is 18.6. The first-order valence-electron chi connectivity index (χ1n) is 10.9. The summed E-state index contributed by atoms with van der Waals surface area (Å²) in [4.78, 5) is 45.8. The lowest BCUT2D eigenvalue weighted by atomic mass is 9.89. The maximum absolute atomic E-state index is 13.0. The number of hydrogen-bond acceptors (Lipinski definition) is 6.